The molecule has 134 valence electrons. The summed E-state index contributed by atoms with van der Waals surface area (Å²) in [6, 6.07) is 14.4. The molecule has 0 bridgehead atoms. The molecule has 0 radical (unpaired) electrons. The Hall–Kier alpha value is -2.64. The van der Waals surface area contributed by atoms with Crippen molar-refractivity contribution in [3.05, 3.63) is 71.8 Å². The standard InChI is InChI=1S/C19H22N6O/c1-2-5-16(6-3-1)8-10-25-19(21-22-23-25)18(17-7-4-9-20-15-17)24-11-13-26-14-12-24/h1-7,9,15,18H,8,10-14H2/t18-/m0/s1. The fourth-order valence-corrected chi connectivity index (χ4v) is 3.34. The highest BCUT2D eigenvalue weighted by molar-refractivity contribution is 5.22. The summed E-state index contributed by atoms with van der Waals surface area (Å²) in [5, 5.41) is 12.6. The maximum Gasteiger partial charge on any atom is 0.173 e. The van der Waals surface area contributed by atoms with E-state index in [1.54, 1.807) is 6.20 Å². The van der Waals surface area contributed by atoms with E-state index in [0.717, 1.165) is 50.7 Å². The zero-order chi connectivity index (χ0) is 17.6. The van der Waals surface area contributed by atoms with Gasteiger partial charge in [0.1, 0.15) is 0 Å². The molecule has 0 unspecified atom stereocenters. The quantitative estimate of drug-likeness (QED) is 0.674. The number of aromatic nitrogens is 5. The Morgan fingerprint density at radius 1 is 1.04 bits per heavy atom. The Balaban J connectivity index is 1.60. The van der Waals surface area contributed by atoms with Crippen LogP contribution in [0.4, 0.5) is 0 Å². The van der Waals surface area contributed by atoms with Gasteiger partial charge in [-0.2, -0.15) is 0 Å². The second kappa shape index (κ2) is 8.16. The van der Waals surface area contributed by atoms with E-state index in [4.69, 9.17) is 4.74 Å². The van der Waals surface area contributed by atoms with Gasteiger partial charge in [-0.05, 0) is 34.0 Å². The number of benzene rings is 1. The number of rotatable bonds is 6. The number of pyridine rings is 1. The lowest BCUT2D eigenvalue weighted by atomic mass is 10.1. The highest BCUT2D eigenvalue weighted by atomic mass is 16.5. The molecular weight excluding hydrogens is 328 g/mol. The number of hydrogen-bond acceptors (Lipinski definition) is 6. The maximum absolute atomic E-state index is 5.52. The molecule has 26 heavy (non-hydrogen) atoms. The fourth-order valence-electron chi connectivity index (χ4n) is 3.34. The van der Waals surface area contributed by atoms with Crippen LogP contribution in [0.2, 0.25) is 0 Å². The number of tetrazole rings is 1. The molecule has 3 heterocycles. The molecular formula is C19H22N6O. The topological polar surface area (TPSA) is 69.0 Å². The number of morpholine rings is 1. The molecule has 2 aromatic heterocycles. The van der Waals surface area contributed by atoms with Gasteiger partial charge in [0.15, 0.2) is 5.82 Å². The summed E-state index contributed by atoms with van der Waals surface area (Å²) in [6.45, 7) is 3.90. The summed E-state index contributed by atoms with van der Waals surface area (Å²) >= 11 is 0. The predicted octanol–water partition coefficient (Wildman–Crippen LogP) is 1.73. The zero-order valence-corrected chi connectivity index (χ0v) is 14.6. The minimum absolute atomic E-state index is 0.0154. The summed E-state index contributed by atoms with van der Waals surface area (Å²) in [6.07, 6.45) is 4.58. The predicted molar refractivity (Wildman–Crippen MR) is 96.4 cm³/mol. The third-order valence-electron chi connectivity index (χ3n) is 4.67. The highest BCUT2D eigenvalue weighted by Crippen LogP contribution is 2.27. The third kappa shape index (κ3) is 3.79. The molecule has 1 aliphatic rings. The van der Waals surface area contributed by atoms with Crippen LogP contribution in [0.5, 0.6) is 0 Å². The number of hydrogen-bond donors (Lipinski definition) is 0. The van der Waals surface area contributed by atoms with Crippen molar-refractivity contribution in [2.24, 2.45) is 0 Å². The molecule has 1 fully saturated rings. The van der Waals surface area contributed by atoms with E-state index in [1.165, 1.54) is 5.56 Å². The van der Waals surface area contributed by atoms with Crippen LogP contribution < -0.4 is 0 Å². The molecule has 1 aliphatic heterocycles. The minimum Gasteiger partial charge on any atom is -0.379 e. The first-order valence-corrected chi connectivity index (χ1v) is 8.93. The highest BCUT2D eigenvalue weighted by Gasteiger charge is 2.29. The van der Waals surface area contributed by atoms with Crippen molar-refractivity contribution >= 4 is 0 Å². The van der Waals surface area contributed by atoms with Gasteiger partial charge in [-0.15, -0.1) is 5.10 Å². The molecule has 4 rings (SSSR count). The zero-order valence-electron chi connectivity index (χ0n) is 14.6. The minimum atomic E-state index is -0.0154. The van der Waals surface area contributed by atoms with Crippen LogP contribution in [-0.4, -0.2) is 56.4 Å². The van der Waals surface area contributed by atoms with Crippen LogP contribution in [-0.2, 0) is 17.7 Å². The van der Waals surface area contributed by atoms with Crippen molar-refractivity contribution in [2.75, 3.05) is 26.3 Å². The van der Waals surface area contributed by atoms with Gasteiger partial charge in [-0.3, -0.25) is 9.88 Å². The first-order valence-electron chi connectivity index (χ1n) is 8.93. The first-order chi connectivity index (χ1) is 12.9. The normalized spacial score (nSPS) is 16.5. The monoisotopic (exact) mass is 350 g/mol. The van der Waals surface area contributed by atoms with Crippen LogP contribution in [0, 0.1) is 0 Å². The van der Waals surface area contributed by atoms with Gasteiger partial charge >= 0.3 is 0 Å². The average Bonchev–Trinajstić information content (AvgIpc) is 3.17. The summed E-state index contributed by atoms with van der Waals surface area (Å²) in [7, 11) is 0. The van der Waals surface area contributed by atoms with Crippen LogP contribution in [0.3, 0.4) is 0 Å². The van der Waals surface area contributed by atoms with E-state index in [-0.39, 0.29) is 6.04 Å². The summed E-state index contributed by atoms with van der Waals surface area (Å²) in [5.41, 5.74) is 2.38. The van der Waals surface area contributed by atoms with Gasteiger partial charge in [0.2, 0.25) is 0 Å². The largest absolute Gasteiger partial charge is 0.379 e. The van der Waals surface area contributed by atoms with E-state index >= 15 is 0 Å². The van der Waals surface area contributed by atoms with Gasteiger partial charge in [-0.1, -0.05) is 36.4 Å². The summed E-state index contributed by atoms with van der Waals surface area (Å²) < 4.78 is 7.44. The second-order valence-electron chi connectivity index (χ2n) is 6.33. The van der Waals surface area contributed by atoms with Crippen LogP contribution in [0.25, 0.3) is 0 Å². The summed E-state index contributed by atoms with van der Waals surface area (Å²) in [4.78, 5) is 6.66. The molecule has 7 heteroatoms. The summed E-state index contributed by atoms with van der Waals surface area (Å²) in [5.74, 6) is 0.857. The van der Waals surface area contributed by atoms with Crippen molar-refractivity contribution in [2.45, 2.75) is 19.0 Å². The number of aryl methyl sites for hydroxylation is 2. The lowest BCUT2D eigenvalue weighted by molar-refractivity contribution is 0.0215. The molecule has 0 amide bonds. The van der Waals surface area contributed by atoms with E-state index in [2.05, 4.69) is 55.7 Å². The van der Waals surface area contributed by atoms with Crippen molar-refractivity contribution in [1.82, 2.24) is 30.1 Å². The van der Waals surface area contributed by atoms with Crippen molar-refractivity contribution in [3.63, 3.8) is 0 Å². The van der Waals surface area contributed by atoms with Gasteiger partial charge in [0.05, 0.1) is 19.3 Å². The Morgan fingerprint density at radius 2 is 1.88 bits per heavy atom. The van der Waals surface area contributed by atoms with E-state index < -0.39 is 0 Å². The Kier molecular flexibility index (Phi) is 5.27. The van der Waals surface area contributed by atoms with Crippen LogP contribution >= 0.6 is 0 Å². The smallest absolute Gasteiger partial charge is 0.173 e. The Labute approximate surface area is 152 Å². The van der Waals surface area contributed by atoms with Gasteiger partial charge in [0, 0.05) is 32.0 Å². The molecule has 3 aromatic rings. The van der Waals surface area contributed by atoms with Gasteiger partial charge < -0.3 is 4.74 Å². The first kappa shape index (κ1) is 16.8. The van der Waals surface area contributed by atoms with Crippen molar-refractivity contribution < 1.29 is 4.74 Å². The van der Waals surface area contributed by atoms with Crippen LogP contribution in [0.1, 0.15) is 23.0 Å². The molecule has 1 saturated heterocycles. The Bertz CT molecular complexity index is 801. The molecule has 1 atom stereocenters. The van der Waals surface area contributed by atoms with Crippen molar-refractivity contribution in [1.29, 1.82) is 0 Å². The lowest BCUT2D eigenvalue weighted by Crippen LogP contribution is -2.40. The fraction of sp³-hybridized carbons (Fsp3) is 0.368. The SMILES string of the molecule is c1ccc(CCn2nnnc2[C@H](c2cccnc2)N2CCOCC2)cc1. The molecule has 0 N–H and O–H groups in total. The number of nitrogens with zero attached hydrogens (tertiary/aromatic N) is 6. The Morgan fingerprint density at radius 3 is 2.65 bits per heavy atom. The van der Waals surface area contributed by atoms with E-state index in [9.17, 15) is 0 Å². The molecule has 0 spiro atoms. The van der Waals surface area contributed by atoms with Crippen molar-refractivity contribution in [3.8, 4) is 0 Å². The third-order valence-corrected chi connectivity index (χ3v) is 4.67. The molecule has 1 aromatic carbocycles. The lowest BCUT2D eigenvalue weighted by Gasteiger charge is -2.33. The number of ether oxygens (including phenoxy) is 1. The van der Waals surface area contributed by atoms with Crippen LogP contribution in [0.15, 0.2) is 54.9 Å². The van der Waals surface area contributed by atoms with E-state index in [0.29, 0.717) is 0 Å². The maximum atomic E-state index is 5.52. The van der Waals surface area contributed by atoms with Gasteiger partial charge in [0.25, 0.3) is 0 Å². The van der Waals surface area contributed by atoms with E-state index in [1.807, 2.05) is 23.0 Å². The van der Waals surface area contributed by atoms with Gasteiger partial charge in [-0.25, -0.2) is 4.68 Å². The second-order valence-corrected chi connectivity index (χ2v) is 6.33. The molecule has 7 nitrogen and oxygen atoms in total. The molecule has 0 saturated carbocycles. The average molecular weight is 350 g/mol. The molecule has 0 aliphatic carbocycles.